The SMILES string of the molecule is COCCNCc1nnc(-c2cc(Br)sc2Br)s1. The highest BCUT2D eigenvalue weighted by Gasteiger charge is 2.12. The van der Waals surface area contributed by atoms with E-state index in [0.29, 0.717) is 6.61 Å². The minimum atomic E-state index is 0.703. The van der Waals surface area contributed by atoms with Crippen molar-refractivity contribution in [2.24, 2.45) is 0 Å². The Labute approximate surface area is 130 Å². The van der Waals surface area contributed by atoms with E-state index in [1.807, 2.05) is 0 Å². The third kappa shape index (κ3) is 3.82. The number of methoxy groups -OCH3 is 1. The molecule has 0 spiro atoms. The van der Waals surface area contributed by atoms with Gasteiger partial charge in [0.05, 0.1) is 14.2 Å². The van der Waals surface area contributed by atoms with Crippen LogP contribution in [0.5, 0.6) is 0 Å². The van der Waals surface area contributed by atoms with E-state index >= 15 is 0 Å². The molecule has 0 aromatic carbocycles. The molecule has 0 bridgehead atoms. The zero-order chi connectivity index (χ0) is 13.0. The lowest BCUT2D eigenvalue weighted by atomic mass is 10.4. The van der Waals surface area contributed by atoms with E-state index in [2.05, 4.69) is 53.4 Å². The molecule has 1 N–H and O–H groups in total. The van der Waals surface area contributed by atoms with Crippen molar-refractivity contribution in [3.8, 4) is 10.6 Å². The molecule has 0 aliphatic rings. The van der Waals surface area contributed by atoms with Crippen LogP contribution in [0.3, 0.4) is 0 Å². The van der Waals surface area contributed by atoms with Crippen LogP contribution in [0.15, 0.2) is 13.6 Å². The summed E-state index contributed by atoms with van der Waals surface area (Å²) in [5.41, 5.74) is 1.09. The zero-order valence-corrected chi connectivity index (χ0v) is 14.4. The quantitative estimate of drug-likeness (QED) is 0.737. The van der Waals surface area contributed by atoms with Gasteiger partial charge in [0.15, 0.2) is 0 Å². The Morgan fingerprint density at radius 3 is 2.83 bits per heavy atom. The maximum Gasteiger partial charge on any atom is 0.149 e. The second-order valence-corrected chi connectivity index (χ2v) is 8.22. The number of thiophene rings is 1. The smallest absolute Gasteiger partial charge is 0.149 e. The van der Waals surface area contributed by atoms with Gasteiger partial charge in [0, 0.05) is 25.8 Å². The fraction of sp³-hybridized carbons (Fsp3) is 0.400. The van der Waals surface area contributed by atoms with Crippen molar-refractivity contribution in [3.05, 3.63) is 18.6 Å². The van der Waals surface area contributed by atoms with Crippen LogP contribution in [0.2, 0.25) is 0 Å². The van der Waals surface area contributed by atoms with Crippen LogP contribution < -0.4 is 5.32 Å². The number of halogens is 2. The highest BCUT2D eigenvalue weighted by atomic mass is 79.9. The number of nitrogens with one attached hydrogen (secondary N) is 1. The summed E-state index contributed by atoms with van der Waals surface area (Å²) in [4.78, 5) is 0. The Morgan fingerprint density at radius 2 is 2.17 bits per heavy atom. The summed E-state index contributed by atoms with van der Waals surface area (Å²) in [6.07, 6.45) is 0. The van der Waals surface area contributed by atoms with Crippen LogP contribution >= 0.6 is 54.5 Å². The first-order valence-corrected chi connectivity index (χ1v) is 8.40. The van der Waals surface area contributed by atoms with Crippen molar-refractivity contribution in [1.29, 1.82) is 0 Å². The van der Waals surface area contributed by atoms with Crippen LogP contribution in [-0.4, -0.2) is 30.5 Å². The van der Waals surface area contributed by atoms with Gasteiger partial charge in [-0.25, -0.2) is 0 Å². The highest BCUT2D eigenvalue weighted by molar-refractivity contribution is 9.12. The van der Waals surface area contributed by atoms with Crippen LogP contribution in [0.4, 0.5) is 0 Å². The van der Waals surface area contributed by atoms with Crippen molar-refractivity contribution in [2.75, 3.05) is 20.3 Å². The molecule has 2 heterocycles. The molecule has 0 atom stereocenters. The summed E-state index contributed by atoms with van der Waals surface area (Å²) < 4.78 is 7.12. The van der Waals surface area contributed by atoms with Gasteiger partial charge in [0.2, 0.25) is 0 Å². The highest BCUT2D eigenvalue weighted by Crippen LogP contribution is 2.39. The first kappa shape index (κ1) is 14.5. The predicted molar refractivity (Wildman–Crippen MR) is 82.2 cm³/mol. The molecular weight excluding hydrogens is 402 g/mol. The fourth-order valence-electron chi connectivity index (χ4n) is 1.29. The molecule has 2 aromatic heterocycles. The lowest BCUT2D eigenvalue weighted by Crippen LogP contribution is -2.18. The maximum atomic E-state index is 4.97. The molecule has 2 rings (SSSR count). The van der Waals surface area contributed by atoms with Crippen molar-refractivity contribution < 1.29 is 4.74 Å². The molecular formula is C10H11Br2N3OS2. The average Bonchev–Trinajstić information content (AvgIpc) is 2.91. The van der Waals surface area contributed by atoms with Crippen LogP contribution in [-0.2, 0) is 11.3 Å². The largest absolute Gasteiger partial charge is 0.383 e. The second-order valence-electron chi connectivity index (χ2n) is 3.41. The van der Waals surface area contributed by atoms with Crippen molar-refractivity contribution in [2.45, 2.75) is 6.54 Å². The van der Waals surface area contributed by atoms with Gasteiger partial charge in [0.1, 0.15) is 10.0 Å². The summed E-state index contributed by atoms with van der Waals surface area (Å²) in [5, 5.41) is 13.6. The number of hydrogen-bond donors (Lipinski definition) is 1. The van der Waals surface area contributed by atoms with Crippen LogP contribution in [0, 0.1) is 0 Å². The monoisotopic (exact) mass is 411 g/mol. The molecule has 0 saturated carbocycles. The lowest BCUT2D eigenvalue weighted by molar-refractivity contribution is 0.199. The van der Waals surface area contributed by atoms with Gasteiger partial charge in [0.25, 0.3) is 0 Å². The van der Waals surface area contributed by atoms with E-state index in [1.54, 1.807) is 29.8 Å². The molecule has 98 valence electrons. The average molecular weight is 413 g/mol. The number of nitrogens with zero attached hydrogens (tertiary/aromatic N) is 2. The Balaban J connectivity index is 1.99. The van der Waals surface area contributed by atoms with E-state index in [9.17, 15) is 0 Å². The third-order valence-electron chi connectivity index (χ3n) is 2.11. The van der Waals surface area contributed by atoms with Crippen molar-refractivity contribution in [1.82, 2.24) is 15.5 Å². The number of aromatic nitrogens is 2. The molecule has 0 aliphatic heterocycles. The maximum absolute atomic E-state index is 4.97. The van der Waals surface area contributed by atoms with E-state index in [-0.39, 0.29) is 0 Å². The second kappa shape index (κ2) is 7.06. The van der Waals surface area contributed by atoms with Gasteiger partial charge in [-0.1, -0.05) is 11.3 Å². The number of hydrogen-bond acceptors (Lipinski definition) is 6. The fourth-order valence-corrected chi connectivity index (χ4v) is 5.12. The van der Waals surface area contributed by atoms with Gasteiger partial charge < -0.3 is 10.1 Å². The molecule has 0 saturated heterocycles. The molecule has 2 aromatic rings. The Kier molecular flexibility index (Phi) is 5.71. The number of rotatable bonds is 6. The summed E-state index contributed by atoms with van der Waals surface area (Å²) >= 11 is 10.2. The zero-order valence-electron chi connectivity index (χ0n) is 9.57. The van der Waals surface area contributed by atoms with Crippen molar-refractivity contribution in [3.63, 3.8) is 0 Å². The van der Waals surface area contributed by atoms with Gasteiger partial charge >= 0.3 is 0 Å². The summed E-state index contributed by atoms with van der Waals surface area (Å²) in [6.45, 7) is 2.25. The number of ether oxygens (including phenoxy) is 1. The minimum Gasteiger partial charge on any atom is -0.383 e. The van der Waals surface area contributed by atoms with E-state index in [1.165, 1.54) is 0 Å². The third-order valence-corrected chi connectivity index (χ3v) is 5.41. The minimum absolute atomic E-state index is 0.703. The first-order valence-electron chi connectivity index (χ1n) is 5.18. The summed E-state index contributed by atoms with van der Waals surface area (Å²) in [7, 11) is 1.69. The molecule has 0 radical (unpaired) electrons. The molecule has 4 nitrogen and oxygen atoms in total. The summed E-state index contributed by atoms with van der Waals surface area (Å²) in [6, 6.07) is 2.05. The molecule has 0 amide bonds. The van der Waals surface area contributed by atoms with E-state index in [0.717, 1.165) is 36.2 Å². The van der Waals surface area contributed by atoms with Gasteiger partial charge in [-0.05, 0) is 37.9 Å². The molecule has 8 heteroatoms. The van der Waals surface area contributed by atoms with Crippen LogP contribution in [0.25, 0.3) is 10.6 Å². The normalized spacial score (nSPS) is 11.1. The van der Waals surface area contributed by atoms with E-state index in [4.69, 9.17) is 4.74 Å². The summed E-state index contributed by atoms with van der Waals surface area (Å²) in [5.74, 6) is 0. The van der Waals surface area contributed by atoms with E-state index < -0.39 is 0 Å². The lowest BCUT2D eigenvalue weighted by Gasteiger charge is -1.99. The van der Waals surface area contributed by atoms with Gasteiger partial charge in [-0.3, -0.25) is 0 Å². The Morgan fingerprint density at radius 1 is 1.33 bits per heavy atom. The standard InChI is InChI=1S/C10H11Br2N3OS2/c1-16-3-2-13-5-8-14-15-10(18-8)6-4-7(11)17-9(6)12/h4,13H,2-3,5H2,1H3. The molecule has 0 aliphatic carbocycles. The molecule has 0 fully saturated rings. The van der Waals surface area contributed by atoms with Crippen molar-refractivity contribution >= 4 is 54.5 Å². The van der Waals surface area contributed by atoms with Gasteiger partial charge in [-0.15, -0.1) is 21.5 Å². The first-order chi connectivity index (χ1) is 8.70. The predicted octanol–water partition coefficient (Wildman–Crippen LogP) is 3.53. The Bertz CT molecular complexity index is 515. The van der Waals surface area contributed by atoms with Gasteiger partial charge in [-0.2, -0.15) is 0 Å². The molecule has 0 unspecified atom stereocenters. The topological polar surface area (TPSA) is 47.0 Å². The van der Waals surface area contributed by atoms with Crippen LogP contribution in [0.1, 0.15) is 5.01 Å². The molecule has 18 heavy (non-hydrogen) atoms. The Hall–Kier alpha value is 0.140.